The van der Waals surface area contributed by atoms with E-state index in [1.54, 1.807) is 6.92 Å². The maximum atomic E-state index is 11.1. The van der Waals surface area contributed by atoms with Crippen LogP contribution in [-0.2, 0) is 23.8 Å². The Hall–Kier alpha value is -0.940. The Balaban J connectivity index is 2.47. The summed E-state index contributed by atoms with van der Waals surface area (Å²) in [7, 11) is 1.17. The molecule has 0 spiro atoms. The number of carbonyl (C=O) groups is 2. The average Bonchev–Trinajstić information content (AvgIpc) is 2.50. The minimum absolute atomic E-state index is 0.0975. The Bertz CT molecular complexity index is 217. The van der Waals surface area contributed by atoms with Gasteiger partial charge in [0.05, 0.1) is 26.7 Å². The molecule has 1 fully saturated rings. The highest BCUT2D eigenvalue weighted by atomic mass is 16.7. The SMILES string of the molecule is COC(=O)C(=O)CC1(C)OCCO1. The van der Waals surface area contributed by atoms with E-state index in [-0.39, 0.29) is 6.42 Å². The molecule has 0 saturated carbocycles. The highest BCUT2D eigenvalue weighted by Gasteiger charge is 2.35. The Morgan fingerprint density at radius 2 is 1.92 bits per heavy atom. The van der Waals surface area contributed by atoms with Crippen molar-refractivity contribution in [2.45, 2.75) is 19.1 Å². The molecule has 1 rings (SSSR count). The summed E-state index contributed by atoms with van der Waals surface area (Å²) in [5, 5.41) is 0. The number of Topliss-reactive ketones (excluding diaryl/α,β-unsaturated/α-hetero) is 1. The number of methoxy groups -OCH3 is 1. The molecule has 0 aliphatic carbocycles. The number of hydrogen-bond donors (Lipinski definition) is 0. The van der Waals surface area contributed by atoms with E-state index in [0.29, 0.717) is 13.2 Å². The van der Waals surface area contributed by atoms with Gasteiger partial charge in [0.25, 0.3) is 0 Å². The molecule has 1 saturated heterocycles. The third-order valence-electron chi connectivity index (χ3n) is 1.79. The van der Waals surface area contributed by atoms with E-state index in [4.69, 9.17) is 9.47 Å². The van der Waals surface area contributed by atoms with Gasteiger partial charge in [-0.3, -0.25) is 4.79 Å². The van der Waals surface area contributed by atoms with Gasteiger partial charge in [-0.25, -0.2) is 4.79 Å². The van der Waals surface area contributed by atoms with Crippen LogP contribution in [0.5, 0.6) is 0 Å². The zero-order valence-corrected chi connectivity index (χ0v) is 7.66. The van der Waals surface area contributed by atoms with Crippen molar-refractivity contribution in [3.63, 3.8) is 0 Å². The van der Waals surface area contributed by atoms with Crippen molar-refractivity contribution in [2.75, 3.05) is 20.3 Å². The van der Waals surface area contributed by atoms with E-state index in [2.05, 4.69) is 4.74 Å². The zero-order valence-electron chi connectivity index (χ0n) is 7.66. The molecule has 1 heterocycles. The summed E-state index contributed by atoms with van der Waals surface area (Å²) in [6, 6.07) is 0. The van der Waals surface area contributed by atoms with Gasteiger partial charge in [-0.1, -0.05) is 0 Å². The smallest absolute Gasteiger partial charge is 0.374 e. The largest absolute Gasteiger partial charge is 0.463 e. The van der Waals surface area contributed by atoms with Gasteiger partial charge in [0.2, 0.25) is 5.78 Å². The Morgan fingerprint density at radius 3 is 2.38 bits per heavy atom. The fourth-order valence-corrected chi connectivity index (χ4v) is 1.14. The summed E-state index contributed by atoms with van der Waals surface area (Å²) >= 11 is 0. The number of carbonyl (C=O) groups excluding carboxylic acids is 2. The van der Waals surface area contributed by atoms with Crippen LogP contribution in [0, 0.1) is 0 Å². The van der Waals surface area contributed by atoms with Gasteiger partial charge in [0.1, 0.15) is 0 Å². The van der Waals surface area contributed by atoms with Crippen LogP contribution in [0.2, 0.25) is 0 Å². The van der Waals surface area contributed by atoms with Gasteiger partial charge in [0, 0.05) is 0 Å². The van der Waals surface area contributed by atoms with Crippen LogP contribution in [0.15, 0.2) is 0 Å². The fourth-order valence-electron chi connectivity index (χ4n) is 1.14. The molecule has 0 unspecified atom stereocenters. The van der Waals surface area contributed by atoms with Crippen LogP contribution in [0.4, 0.5) is 0 Å². The second-order valence-corrected chi connectivity index (χ2v) is 2.92. The van der Waals surface area contributed by atoms with Gasteiger partial charge in [-0.05, 0) is 6.92 Å². The average molecular weight is 188 g/mol. The standard InChI is InChI=1S/C8H12O5/c1-8(12-3-4-13-8)5-6(9)7(10)11-2/h3-5H2,1-2H3. The van der Waals surface area contributed by atoms with Crippen LogP contribution in [0.25, 0.3) is 0 Å². The minimum Gasteiger partial charge on any atom is -0.463 e. The van der Waals surface area contributed by atoms with Gasteiger partial charge in [-0.2, -0.15) is 0 Å². The molecule has 74 valence electrons. The highest BCUT2D eigenvalue weighted by Crippen LogP contribution is 2.22. The van der Waals surface area contributed by atoms with Gasteiger partial charge in [0.15, 0.2) is 5.79 Å². The molecule has 13 heavy (non-hydrogen) atoms. The van der Waals surface area contributed by atoms with E-state index < -0.39 is 17.5 Å². The first-order chi connectivity index (χ1) is 6.07. The molecule has 0 aromatic rings. The molecule has 0 radical (unpaired) electrons. The molecule has 1 aliphatic rings. The van der Waals surface area contributed by atoms with Crippen LogP contribution in [-0.4, -0.2) is 37.9 Å². The molecule has 0 N–H and O–H groups in total. The van der Waals surface area contributed by atoms with E-state index in [0.717, 1.165) is 0 Å². The molecule has 0 amide bonds. The highest BCUT2D eigenvalue weighted by molar-refractivity contribution is 6.33. The van der Waals surface area contributed by atoms with Crippen molar-refractivity contribution in [1.29, 1.82) is 0 Å². The molecular formula is C8H12O5. The number of ether oxygens (including phenoxy) is 3. The Labute approximate surface area is 76.0 Å². The van der Waals surface area contributed by atoms with Crippen molar-refractivity contribution < 1.29 is 23.8 Å². The summed E-state index contributed by atoms with van der Waals surface area (Å²) in [6.45, 7) is 2.52. The third-order valence-corrected chi connectivity index (χ3v) is 1.79. The first-order valence-corrected chi connectivity index (χ1v) is 3.96. The molecule has 0 aromatic heterocycles. The van der Waals surface area contributed by atoms with Gasteiger partial charge < -0.3 is 14.2 Å². The van der Waals surface area contributed by atoms with Crippen LogP contribution in [0.3, 0.4) is 0 Å². The zero-order chi connectivity index (χ0) is 9.90. The van der Waals surface area contributed by atoms with Crippen LogP contribution >= 0.6 is 0 Å². The molecule has 0 bridgehead atoms. The molecule has 0 atom stereocenters. The minimum atomic E-state index is -0.953. The third kappa shape index (κ3) is 2.50. The maximum absolute atomic E-state index is 11.1. The van der Waals surface area contributed by atoms with Crippen molar-refractivity contribution in [3.05, 3.63) is 0 Å². The van der Waals surface area contributed by atoms with E-state index in [1.165, 1.54) is 7.11 Å². The predicted molar refractivity (Wildman–Crippen MR) is 41.9 cm³/mol. The normalized spacial score (nSPS) is 19.8. The van der Waals surface area contributed by atoms with Crippen molar-refractivity contribution in [1.82, 2.24) is 0 Å². The predicted octanol–water partition coefficient (Wildman–Crippen LogP) is -0.118. The number of rotatable bonds is 3. The molecule has 0 aromatic carbocycles. The number of hydrogen-bond acceptors (Lipinski definition) is 5. The number of ketones is 1. The van der Waals surface area contributed by atoms with Crippen molar-refractivity contribution >= 4 is 11.8 Å². The number of esters is 1. The first kappa shape index (κ1) is 10.1. The van der Waals surface area contributed by atoms with E-state index >= 15 is 0 Å². The monoisotopic (exact) mass is 188 g/mol. The molecule has 5 heteroatoms. The lowest BCUT2D eigenvalue weighted by molar-refractivity contribution is -0.168. The quantitative estimate of drug-likeness (QED) is 0.456. The van der Waals surface area contributed by atoms with Crippen molar-refractivity contribution in [3.8, 4) is 0 Å². The van der Waals surface area contributed by atoms with Gasteiger partial charge in [-0.15, -0.1) is 0 Å². The molecule has 1 aliphatic heterocycles. The first-order valence-electron chi connectivity index (χ1n) is 3.96. The maximum Gasteiger partial charge on any atom is 0.374 e. The van der Waals surface area contributed by atoms with E-state index in [1.807, 2.05) is 0 Å². The van der Waals surface area contributed by atoms with Crippen LogP contribution < -0.4 is 0 Å². The van der Waals surface area contributed by atoms with E-state index in [9.17, 15) is 9.59 Å². The summed E-state index contributed by atoms with van der Waals surface area (Å²) in [6.07, 6.45) is -0.0975. The lowest BCUT2D eigenvalue weighted by atomic mass is 10.1. The lowest BCUT2D eigenvalue weighted by Gasteiger charge is -2.20. The Morgan fingerprint density at radius 1 is 1.38 bits per heavy atom. The van der Waals surface area contributed by atoms with Crippen LogP contribution in [0.1, 0.15) is 13.3 Å². The van der Waals surface area contributed by atoms with Gasteiger partial charge >= 0.3 is 5.97 Å². The topological polar surface area (TPSA) is 61.8 Å². The second kappa shape index (κ2) is 3.85. The second-order valence-electron chi connectivity index (χ2n) is 2.92. The molecule has 5 nitrogen and oxygen atoms in total. The summed E-state index contributed by atoms with van der Waals surface area (Å²) in [5.41, 5.74) is 0. The summed E-state index contributed by atoms with van der Waals surface area (Å²) in [5.74, 6) is -2.45. The fraction of sp³-hybridized carbons (Fsp3) is 0.750. The summed E-state index contributed by atoms with van der Waals surface area (Å²) < 4.78 is 14.6. The lowest BCUT2D eigenvalue weighted by Crippen LogP contribution is -2.32. The summed E-state index contributed by atoms with van der Waals surface area (Å²) in [4.78, 5) is 21.9. The Kier molecular flexibility index (Phi) is 3.00. The molecular weight excluding hydrogens is 176 g/mol. The van der Waals surface area contributed by atoms with Crippen molar-refractivity contribution in [2.24, 2.45) is 0 Å².